The summed E-state index contributed by atoms with van der Waals surface area (Å²) in [5.41, 5.74) is 3.94. The van der Waals surface area contributed by atoms with E-state index in [2.05, 4.69) is 29.0 Å². The summed E-state index contributed by atoms with van der Waals surface area (Å²) >= 11 is 1.56. The number of rotatable bonds is 5. The number of fused-ring (bicyclic) bond motifs is 1. The fraction of sp³-hybridized carbons (Fsp3) is 0.500. The van der Waals surface area contributed by atoms with E-state index in [1.807, 2.05) is 31.2 Å². The van der Waals surface area contributed by atoms with Gasteiger partial charge in [-0.1, -0.05) is 55.4 Å². The number of H-pyrrole nitrogens is 1. The molecular formula is C26H32N4O3S. The van der Waals surface area contributed by atoms with Crippen LogP contribution < -0.4 is 10.9 Å². The topological polar surface area (TPSA) is 87.3 Å². The maximum absolute atomic E-state index is 13.4. The highest BCUT2D eigenvalue weighted by Gasteiger charge is 2.42. The Hall–Kier alpha value is -2.42. The Labute approximate surface area is 204 Å². The minimum absolute atomic E-state index is 0.110. The van der Waals surface area contributed by atoms with Gasteiger partial charge in [0.05, 0.1) is 18.8 Å². The number of aromatic nitrogens is 2. The monoisotopic (exact) mass is 480 g/mol. The van der Waals surface area contributed by atoms with Crippen LogP contribution in [-0.2, 0) is 9.53 Å². The molecule has 0 bridgehead atoms. The number of Topliss-reactive ketones (excluding diaryl/α,β-unsaturated/α-hetero) is 1. The van der Waals surface area contributed by atoms with Crippen LogP contribution in [-0.4, -0.2) is 59.3 Å². The van der Waals surface area contributed by atoms with Gasteiger partial charge >= 0.3 is 0 Å². The minimum atomic E-state index is -0.404. The summed E-state index contributed by atoms with van der Waals surface area (Å²) in [4.78, 5) is 36.9. The van der Waals surface area contributed by atoms with Crippen molar-refractivity contribution in [2.75, 3.05) is 43.9 Å². The van der Waals surface area contributed by atoms with Crippen LogP contribution in [0.1, 0.15) is 49.3 Å². The van der Waals surface area contributed by atoms with Crippen LogP contribution in [0.4, 0.5) is 5.82 Å². The van der Waals surface area contributed by atoms with Crippen molar-refractivity contribution >= 4 is 23.4 Å². The van der Waals surface area contributed by atoms with Gasteiger partial charge in [0.1, 0.15) is 5.82 Å². The van der Waals surface area contributed by atoms with E-state index in [4.69, 9.17) is 9.72 Å². The first-order chi connectivity index (χ1) is 16.3. The van der Waals surface area contributed by atoms with Crippen molar-refractivity contribution in [2.24, 2.45) is 5.41 Å². The maximum atomic E-state index is 13.4. The third-order valence-corrected chi connectivity index (χ3v) is 7.71. The first-order valence-electron chi connectivity index (χ1n) is 12.0. The van der Waals surface area contributed by atoms with Crippen molar-refractivity contribution in [1.82, 2.24) is 14.9 Å². The van der Waals surface area contributed by atoms with E-state index >= 15 is 0 Å². The van der Waals surface area contributed by atoms with Gasteiger partial charge in [-0.3, -0.25) is 14.5 Å². The molecule has 2 aromatic rings. The van der Waals surface area contributed by atoms with Crippen molar-refractivity contribution in [3.05, 3.63) is 62.6 Å². The predicted molar refractivity (Wildman–Crippen MR) is 135 cm³/mol. The molecule has 1 aromatic heterocycles. The van der Waals surface area contributed by atoms with Crippen LogP contribution in [0.3, 0.4) is 0 Å². The van der Waals surface area contributed by atoms with Crippen LogP contribution >= 0.6 is 11.8 Å². The van der Waals surface area contributed by atoms with Gasteiger partial charge in [0.2, 0.25) is 0 Å². The van der Waals surface area contributed by atoms with Gasteiger partial charge in [-0.25, -0.2) is 4.98 Å². The van der Waals surface area contributed by atoms with Gasteiger partial charge in [0.15, 0.2) is 10.9 Å². The summed E-state index contributed by atoms with van der Waals surface area (Å²) in [5.74, 6) is 1.12. The molecule has 3 heterocycles. The molecular weight excluding hydrogens is 448 g/mol. The van der Waals surface area contributed by atoms with Crippen LogP contribution in [0.25, 0.3) is 0 Å². The molecule has 1 fully saturated rings. The number of nitrogens with zero attached hydrogens (tertiary/aromatic N) is 2. The number of hydrogen-bond donors (Lipinski definition) is 2. The Kier molecular flexibility index (Phi) is 6.39. The number of aryl methyl sites for hydroxylation is 1. The lowest BCUT2D eigenvalue weighted by Gasteiger charge is -2.38. The number of nitrogens with one attached hydrogen (secondary N) is 2. The van der Waals surface area contributed by atoms with Gasteiger partial charge < -0.3 is 15.0 Å². The Bertz CT molecular complexity index is 1180. The van der Waals surface area contributed by atoms with E-state index in [1.165, 1.54) is 0 Å². The van der Waals surface area contributed by atoms with E-state index in [9.17, 15) is 9.59 Å². The highest BCUT2D eigenvalue weighted by molar-refractivity contribution is 7.99. The van der Waals surface area contributed by atoms with Gasteiger partial charge in [-0.15, -0.1) is 0 Å². The standard InChI is InChI=1S/C26H32N4O3S/c1-16-4-6-17(7-5-16)20-21-18(14-26(2,3)15-19(21)31)27-23-22(20)24(32)29-25(28-23)34-13-10-30-8-11-33-12-9-30/h4-7,20H,8-15H2,1-3H3,(H2,27,28,29,32)/t20-/m1/s1. The maximum Gasteiger partial charge on any atom is 0.257 e. The number of ether oxygens (including phenoxy) is 1. The zero-order valence-electron chi connectivity index (χ0n) is 20.1. The summed E-state index contributed by atoms with van der Waals surface area (Å²) in [6.45, 7) is 10.6. The molecule has 1 aromatic carbocycles. The van der Waals surface area contributed by atoms with Gasteiger partial charge in [-0.05, 0) is 24.3 Å². The molecule has 0 saturated carbocycles. The first kappa shape index (κ1) is 23.3. The van der Waals surface area contributed by atoms with Crippen molar-refractivity contribution in [2.45, 2.75) is 44.7 Å². The third-order valence-electron chi connectivity index (χ3n) is 6.86. The number of allylic oxidation sites excluding steroid dienone is 2. The quantitative estimate of drug-likeness (QED) is 0.498. The fourth-order valence-electron chi connectivity index (χ4n) is 5.15. The number of benzene rings is 1. The molecule has 8 heteroatoms. The molecule has 0 unspecified atom stereocenters. The molecule has 7 nitrogen and oxygen atoms in total. The molecule has 2 N–H and O–H groups in total. The number of aromatic amines is 1. The molecule has 0 amide bonds. The molecule has 34 heavy (non-hydrogen) atoms. The van der Waals surface area contributed by atoms with Crippen molar-refractivity contribution in [3.8, 4) is 0 Å². The number of anilines is 1. The van der Waals surface area contributed by atoms with E-state index in [0.717, 1.165) is 67.4 Å². The average Bonchev–Trinajstić information content (AvgIpc) is 2.78. The van der Waals surface area contributed by atoms with E-state index < -0.39 is 5.92 Å². The number of thioether (sulfide) groups is 1. The van der Waals surface area contributed by atoms with Gasteiger partial charge in [0, 0.05) is 49.0 Å². The summed E-state index contributed by atoms with van der Waals surface area (Å²) in [6, 6.07) is 8.12. The van der Waals surface area contributed by atoms with E-state index in [0.29, 0.717) is 23.0 Å². The zero-order valence-corrected chi connectivity index (χ0v) is 20.9. The second-order valence-corrected chi connectivity index (χ2v) is 11.3. The molecule has 0 radical (unpaired) electrons. The summed E-state index contributed by atoms with van der Waals surface area (Å²) < 4.78 is 5.42. The lowest BCUT2D eigenvalue weighted by Crippen LogP contribution is -2.37. The lowest BCUT2D eigenvalue weighted by molar-refractivity contribution is -0.118. The van der Waals surface area contributed by atoms with Crippen molar-refractivity contribution in [3.63, 3.8) is 0 Å². The summed E-state index contributed by atoms with van der Waals surface area (Å²) in [5, 5.41) is 4.01. The molecule has 1 aliphatic carbocycles. The SMILES string of the molecule is Cc1ccc([C@@H]2C3=C(CC(C)(C)CC3=O)Nc3nc(SCCN4CCOCC4)[nH]c(=O)c32)cc1. The second-order valence-electron chi connectivity index (χ2n) is 10.2. The Morgan fingerprint density at radius 1 is 1.15 bits per heavy atom. The number of morpholine rings is 1. The van der Waals surface area contributed by atoms with Crippen LogP contribution in [0.2, 0.25) is 0 Å². The van der Waals surface area contributed by atoms with E-state index in [1.54, 1.807) is 11.8 Å². The summed E-state index contributed by atoms with van der Waals surface area (Å²) in [7, 11) is 0. The Morgan fingerprint density at radius 3 is 2.62 bits per heavy atom. The summed E-state index contributed by atoms with van der Waals surface area (Å²) in [6.07, 6.45) is 1.23. The molecule has 5 rings (SSSR count). The number of hydrogen-bond acceptors (Lipinski definition) is 7. The molecule has 1 saturated heterocycles. The van der Waals surface area contributed by atoms with Gasteiger partial charge in [0.25, 0.3) is 5.56 Å². The number of carbonyl (C=O) groups excluding carboxylic acids is 1. The molecule has 1 atom stereocenters. The molecule has 3 aliphatic rings. The first-order valence-corrected chi connectivity index (χ1v) is 13.0. The van der Waals surface area contributed by atoms with E-state index in [-0.39, 0.29) is 16.8 Å². The normalized spacial score (nSPS) is 22.2. The lowest BCUT2D eigenvalue weighted by atomic mass is 9.69. The third kappa shape index (κ3) is 4.72. The fourth-order valence-corrected chi connectivity index (χ4v) is 6.01. The predicted octanol–water partition coefficient (Wildman–Crippen LogP) is 3.70. The van der Waals surface area contributed by atoms with Crippen LogP contribution in [0, 0.1) is 12.3 Å². The Morgan fingerprint density at radius 2 is 1.88 bits per heavy atom. The van der Waals surface area contributed by atoms with Crippen LogP contribution in [0.5, 0.6) is 0 Å². The highest BCUT2D eigenvalue weighted by Crippen LogP contribution is 2.47. The molecule has 180 valence electrons. The molecule has 0 spiro atoms. The zero-order chi connectivity index (χ0) is 23.9. The highest BCUT2D eigenvalue weighted by atomic mass is 32.2. The largest absolute Gasteiger partial charge is 0.379 e. The minimum Gasteiger partial charge on any atom is -0.379 e. The van der Waals surface area contributed by atoms with Crippen LogP contribution in [0.15, 0.2) is 45.5 Å². The molecule has 2 aliphatic heterocycles. The number of ketones is 1. The van der Waals surface area contributed by atoms with Crippen molar-refractivity contribution < 1.29 is 9.53 Å². The Balaban J connectivity index is 1.49. The smallest absolute Gasteiger partial charge is 0.257 e. The van der Waals surface area contributed by atoms with Gasteiger partial charge in [-0.2, -0.15) is 0 Å². The second kappa shape index (κ2) is 9.32. The van der Waals surface area contributed by atoms with Crippen molar-refractivity contribution in [1.29, 1.82) is 0 Å². The number of carbonyl (C=O) groups is 1. The average molecular weight is 481 g/mol.